The van der Waals surface area contributed by atoms with Gasteiger partial charge in [-0.05, 0) is 49.2 Å². The Morgan fingerprint density at radius 2 is 1.92 bits per heavy atom. The van der Waals surface area contributed by atoms with Crippen molar-refractivity contribution in [2.45, 2.75) is 13.8 Å². The Labute approximate surface area is 137 Å². The minimum atomic E-state index is -1.24. The van der Waals surface area contributed by atoms with E-state index in [9.17, 15) is 19.5 Å². The Kier molecular flexibility index (Phi) is 3.69. The van der Waals surface area contributed by atoms with Crippen molar-refractivity contribution in [2.75, 3.05) is 0 Å². The summed E-state index contributed by atoms with van der Waals surface area (Å²) in [6.07, 6.45) is 1.58. The molecule has 1 fully saturated rings. The van der Waals surface area contributed by atoms with E-state index in [2.05, 4.69) is 10.6 Å². The van der Waals surface area contributed by atoms with Crippen molar-refractivity contribution in [3.63, 3.8) is 0 Å². The molecule has 0 bridgehead atoms. The van der Waals surface area contributed by atoms with Crippen LogP contribution in [-0.4, -0.2) is 22.5 Å². The Morgan fingerprint density at radius 3 is 2.54 bits per heavy atom. The molecule has 0 radical (unpaired) electrons. The Balaban J connectivity index is 2.06. The molecule has 1 aromatic heterocycles. The number of carboxylic acids is 1. The summed E-state index contributed by atoms with van der Waals surface area (Å²) in [6, 6.07) is 7.72. The highest BCUT2D eigenvalue weighted by Gasteiger charge is 2.23. The molecule has 0 saturated carbocycles. The number of nitrogens with zero attached hydrogens (tertiary/aromatic N) is 1. The van der Waals surface area contributed by atoms with Crippen LogP contribution < -0.4 is 15.7 Å². The number of aromatic carboxylic acids is 1. The molecule has 2 N–H and O–H groups in total. The van der Waals surface area contributed by atoms with Gasteiger partial charge in [-0.3, -0.25) is 10.1 Å². The minimum Gasteiger partial charge on any atom is -0.545 e. The molecule has 1 aliphatic rings. The third-order valence-electron chi connectivity index (χ3n) is 3.83. The first-order valence-corrected chi connectivity index (χ1v) is 7.21. The van der Waals surface area contributed by atoms with Gasteiger partial charge in [-0.25, -0.2) is 4.79 Å². The molecule has 0 spiro atoms. The van der Waals surface area contributed by atoms with Gasteiger partial charge in [0, 0.05) is 17.1 Å². The molecule has 7 nitrogen and oxygen atoms in total. The number of carbonyl (C=O) groups is 3. The number of benzene rings is 1. The molecule has 3 rings (SSSR count). The monoisotopic (exact) mass is 324 g/mol. The second-order valence-electron chi connectivity index (χ2n) is 5.47. The summed E-state index contributed by atoms with van der Waals surface area (Å²) in [4.78, 5) is 33.9. The van der Waals surface area contributed by atoms with Gasteiger partial charge in [-0.15, -0.1) is 0 Å². The third kappa shape index (κ3) is 2.67. The largest absolute Gasteiger partial charge is 0.545 e. The van der Waals surface area contributed by atoms with Crippen LogP contribution in [0, 0.1) is 13.8 Å². The molecule has 3 amide bonds. The van der Waals surface area contributed by atoms with Gasteiger partial charge < -0.3 is 19.8 Å². The van der Waals surface area contributed by atoms with Crippen molar-refractivity contribution in [1.29, 1.82) is 0 Å². The van der Waals surface area contributed by atoms with E-state index in [1.54, 1.807) is 18.2 Å². The first kappa shape index (κ1) is 15.5. The zero-order valence-corrected chi connectivity index (χ0v) is 13.0. The molecule has 2 heterocycles. The van der Waals surface area contributed by atoms with E-state index in [0.717, 1.165) is 17.0 Å². The number of carbonyl (C=O) groups excluding carboxylic acids is 3. The van der Waals surface area contributed by atoms with Crippen molar-refractivity contribution in [2.24, 2.45) is 0 Å². The first-order chi connectivity index (χ1) is 11.4. The molecule has 1 saturated heterocycles. The number of hydrogen-bond donors (Lipinski definition) is 2. The van der Waals surface area contributed by atoms with Crippen LogP contribution in [0.3, 0.4) is 0 Å². The molecule has 24 heavy (non-hydrogen) atoms. The van der Waals surface area contributed by atoms with Gasteiger partial charge in [-0.2, -0.15) is 0 Å². The van der Waals surface area contributed by atoms with Crippen molar-refractivity contribution in [3.05, 3.63) is 58.5 Å². The van der Waals surface area contributed by atoms with Crippen molar-refractivity contribution >= 4 is 24.0 Å². The number of urea groups is 1. The maximum absolute atomic E-state index is 11.6. The standard InChI is InChI=1S/C17H15N3O4/c1-9-6-12(8-14-15(21)19-17(24)18-14)10(2)20(9)13-5-3-4-11(7-13)16(22)23/h3-8H,1-2H3,(H,22,23)(H2,18,19,21,24)/p-1/b14-8-. The van der Waals surface area contributed by atoms with Crippen LogP contribution >= 0.6 is 0 Å². The predicted octanol–water partition coefficient (Wildman–Crippen LogP) is 0.638. The molecule has 0 unspecified atom stereocenters. The van der Waals surface area contributed by atoms with Crippen LogP contribution in [0.4, 0.5) is 4.79 Å². The van der Waals surface area contributed by atoms with Crippen LogP contribution in [0.5, 0.6) is 0 Å². The van der Waals surface area contributed by atoms with Crippen molar-refractivity contribution in [1.82, 2.24) is 15.2 Å². The second-order valence-corrected chi connectivity index (χ2v) is 5.47. The van der Waals surface area contributed by atoms with Gasteiger partial charge in [0.1, 0.15) is 5.70 Å². The van der Waals surface area contributed by atoms with E-state index in [4.69, 9.17) is 0 Å². The van der Waals surface area contributed by atoms with E-state index >= 15 is 0 Å². The third-order valence-corrected chi connectivity index (χ3v) is 3.83. The summed E-state index contributed by atoms with van der Waals surface area (Å²) >= 11 is 0. The highest BCUT2D eigenvalue weighted by Crippen LogP contribution is 2.23. The maximum Gasteiger partial charge on any atom is 0.326 e. The second kappa shape index (κ2) is 5.69. The van der Waals surface area contributed by atoms with Crippen LogP contribution in [-0.2, 0) is 4.79 Å². The number of amides is 3. The van der Waals surface area contributed by atoms with Crippen molar-refractivity contribution in [3.8, 4) is 5.69 Å². The lowest BCUT2D eigenvalue weighted by Crippen LogP contribution is -2.22. The SMILES string of the molecule is Cc1cc(/C=C2\NC(=O)NC2=O)c(C)n1-c1cccc(C(=O)[O-])c1. The quantitative estimate of drug-likeness (QED) is 0.638. The number of rotatable bonds is 3. The zero-order chi connectivity index (χ0) is 17.4. The molecular weight excluding hydrogens is 310 g/mol. The average molecular weight is 324 g/mol. The number of carboxylic acid groups (broad SMARTS) is 1. The van der Waals surface area contributed by atoms with E-state index in [1.807, 2.05) is 24.5 Å². The molecule has 1 aromatic carbocycles. The summed E-state index contributed by atoms with van der Waals surface area (Å²) in [6.45, 7) is 3.72. The topological polar surface area (TPSA) is 103 Å². The number of imide groups is 1. The lowest BCUT2D eigenvalue weighted by atomic mass is 10.2. The average Bonchev–Trinajstić information content (AvgIpc) is 2.98. The molecule has 0 atom stereocenters. The van der Waals surface area contributed by atoms with E-state index in [1.165, 1.54) is 12.1 Å². The number of aryl methyl sites for hydroxylation is 1. The van der Waals surface area contributed by atoms with Gasteiger partial charge in [-0.1, -0.05) is 12.1 Å². The lowest BCUT2D eigenvalue weighted by Gasteiger charge is -2.12. The first-order valence-electron chi connectivity index (χ1n) is 7.21. The van der Waals surface area contributed by atoms with Gasteiger partial charge in [0.2, 0.25) is 0 Å². The number of hydrogen-bond acceptors (Lipinski definition) is 4. The van der Waals surface area contributed by atoms with Gasteiger partial charge in [0.15, 0.2) is 0 Å². The molecule has 122 valence electrons. The van der Waals surface area contributed by atoms with Crippen molar-refractivity contribution < 1.29 is 19.5 Å². The van der Waals surface area contributed by atoms with Gasteiger partial charge in [0.05, 0.1) is 5.97 Å². The summed E-state index contributed by atoms with van der Waals surface area (Å²) in [5, 5.41) is 15.6. The number of aromatic nitrogens is 1. The lowest BCUT2D eigenvalue weighted by molar-refractivity contribution is -0.255. The van der Waals surface area contributed by atoms with E-state index in [-0.39, 0.29) is 11.3 Å². The predicted molar refractivity (Wildman–Crippen MR) is 84.2 cm³/mol. The Bertz CT molecular complexity index is 909. The fourth-order valence-corrected chi connectivity index (χ4v) is 2.74. The van der Waals surface area contributed by atoms with Crippen LogP contribution in [0.15, 0.2) is 36.0 Å². The van der Waals surface area contributed by atoms with E-state index < -0.39 is 17.9 Å². The van der Waals surface area contributed by atoms with Crippen LogP contribution in [0.25, 0.3) is 11.8 Å². The summed E-state index contributed by atoms with van der Waals surface area (Å²) in [7, 11) is 0. The Morgan fingerprint density at radius 1 is 1.17 bits per heavy atom. The maximum atomic E-state index is 11.6. The Hall–Kier alpha value is -3.35. The zero-order valence-electron chi connectivity index (χ0n) is 13.0. The van der Waals surface area contributed by atoms with Crippen LogP contribution in [0.2, 0.25) is 0 Å². The fraction of sp³-hybridized carbons (Fsp3) is 0.118. The molecule has 1 aliphatic heterocycles. The summed E-state index contributed by atoms with van der Waals surface area (Å²) in [5.41, 5.74) is 3.35. The summed E-state index contributed by atoms with van der Waals surface area (Å²) in [5.74, 6) is -1.73. The highest BCUT2D eigenvalue weighted by molar-refractivity contribution is 6.14. The molecular formula is C17H14N3O4-. The highest BCUT2D eigenvalue weighted by atomic mass is 16.4. The van der Waals surface area contributed by atoms with Gasteiger partial charge >= 0.3 is 6.03 Å². The molecule has 0 aliphatic carbocycles. The summed E-state index contributed by atoms with van der Waals surface area (Å²) < 4.78 is 1.87. The van der Waals surface area contributed by atoms with Crippen LogP contribution in [0.1, 0.15) is 27.3 Å². The molecule has 2 aromatic rings. The fourth-order valence-electron chi connectivity index (χ4n) is 2.74. The number of nitrogens with one attached hydrogen (secondary N) is 2. The van der Waals surface area contributed by atoms with Gasteiger partial charge in [0.25, 0.3) is 5.91 Å². The smallest absolute Gasteiger partial charge is 0.326 e. The van der Waals surface area contributed by atoms with E-state index in [0.29, 0.717) is 5.69 Å². The normalized spacial score (nSPS) is 15.5. The minimum absolute atomic E-state index is 0.0855. The molecule has 7 heteroatoms.